The molecule has 0 radical (unpaired) electrons. The maximum Gasteiger partial charge on any atom is 0.150 e. The molecule has 2 aromatic carbocycles. The number of nitrogens with two attached hydrogens (primary N) is 1. The van der Waals surface area contributed by atoms with Crippen molar-refractivity contribution in [3.05, 3.63) is 56.5 Å². The Balaban J connectivity index is 2.42. The van der Waals surface area contributed by atoms with Gasteiger partial charge in [0.2, 0.25) is 0 Å². The SMILES string of the molecule is Cc1cc(Oc2c(Cl)cccc2CN)cc(C)c1Br. The second kappa shape index (κ2) is 5.95. The minimum atomic E-state index is 0.393. The van der Waals surface area contributed by atoms with Gasteiger partial charge < -0.3 is 10.5 Å². The van der Waals surface area contributed by atoms with Gasteiger partial charge in [0.15, 0.2) is 0 Å². The highest BCUT2D eigenvalue weighted by Gasteiger charge is 2.10. The molecule has 0 amide bonds. The first-order chi connectivity index (χ1) is 9.02. The van der Waals surface area contributed by atoms with Crippen molar-refractivity contribution in [1.82, 2.24) is 0 Å². The Bertz CT molecular complexity index is 590. The average Bonchev–Trinajstić information content (AvgIpc) is 2.38. The Morgan fingerprint density at radius 1 is 1.21 bits per heavy atom. The molecule has 2 aromatic rings. The first kappa shape index (κ1) is 14.4. The summed E-state index contributed by atoms with van der Waals surface area (Å²) in [5, 5.41) is 0.571. The molecule has 0 aliphatic carbocycles. The van der Waals surface area contributed by atoms with Gasteiger partial charge in [-0.25, -0.2) is 0 Å². The smallest absolute Gasteiger partial charge is 0.150 e. The molecule has 2 nitrogen and oxygen atoms in total. The quantitative estimate of drug-likeness (QED) is 0.856. The van der Waals surface area contributed by atoms with E-state index in [-0.39, 0.29) is 0 Å². The number of para-hydroxylation sites is 1. The predicted molar refractivity (Wildman–Crippen MR) is 83.0 cm³/mol. The summed E-state index contributed by atoms with van der Waals surface area (Å²) in [6, 6.07) is 9.53. The van der Waals surface area contributed by atoms with Crippen LogP contribution in [0.4, 0.5) is 0 Å². The van der Waals surface area contributed by atoms with Crippen LogP contribution in [0.5, 0.6) is 11.5 Å². The summed E-state index contributed by atoms with van der Waals surface area (Å²) in [4.78, 5) is 0. The van der Waals surface area contributed by atoms with E-state index in [0.717, 1.165) is 26.9 Å². The molecule has 0 spiro atoms. The van der Waals surface area contributed by atoms with Gasteiger partial charge in [0.05, 0.1) is 5.02 Å². The molecule has 0 bridgehead atoms. The van der Waals surface area contributed by atoms with Crippen LogP contribution in [0, 0.1) is 13.8 Å². The molecule has 2 rings (SSSR count). The standard InChI is InChI=1S/C15H15BrClNO/c1-9-6-12(7-10(2)14(9)16)19-15-11(8-18)4-3-5-13(15)17/h3-7H,8,18H2,1-2H3. The van der Waals surface area contributed by atoms with Crippen LogP contribution in [0.15, 0.2) is 34.8 Å². The lowest BCUT2D eigenvalue weighted by Gasteiger charge is -2.13. The minimum Gasteiger partial charge on any atom is -0.455 e. The fraction of sp³-hybridized carbons (Fsp3) is 0.200. The lowest BCUT2D eigenvalue weighted by Crippen LogP contribution is -2.00. The number of ether oxygens (including phenoxy) is 1. The Hall–Kier alpha value is -1.03. The molecule has 0 aliphatic rings. The summed E-state index contributed by atoms with van der Waals surface area (Å²) in [5.41, 5.74) is 8.85. The second-order valence-corrected chi connectivity index (χ2v) is 5.61. The fourth-order valence-corrected chi connectivity index (χ4v) is 2.37. The van der Waals surface area contributed by atoms with E-state index < -0.39 is 0 Å². The van der Waals surface area contributed by atoms with Crippen molar-refractivity contribution in [3.63, 3.8) is 0 Å². The van der Waals surface area contributed by atoms with Gasteiger partial charge in [0, 0.05) is 16.6 Å². The van der Waals surface area contributed by atoms with Crippen LogP contribution in [0.25, 0.3) is 0 Å². The van der Waals surface area contributed by atoms with Gasteiger partial charge in [0.1, 0.15) is 11.5 Å². The number of benzene rings is 2. The molecule has 2 N–H and O–H groups in total. The lowest BCUT2D eigenvalue weighted by molar-refractivity contribution is 0.475. The largest absolute Gasteiger partial charge is 0.455 e. The number of hydrogen-bond donors (Lipinski definition) is 1. The topological polar surface area (TPSA) is 35.2 Å². The van der Waals surface area contributed by atoms with Gasteiger partial charge in [-0.2, -0.15) is 0 Å². The molecule has 0 heterocycles. The van der Waals surface area contributed by atoms with E-state index >= 15 is 0 Å². The fourth-order valence-electron chi connectivity index (χ4n) is 1.91. The summed E-state index contributed by atoms with van der Waals surface area (Å²) >= 11 is 9.72. The first-order valence-corrected chi connectivity index (χ1v) is 7.12. The van der Waals surface area contributed by atoms with Crippen molar-refractivity contribution in [2.45, 2.75) is 20.4 Å². The van der Waals surface area contributed by atoms with Crippen LogP contribution in [-0.4, -0.2) is 0 Å². The van der Waals surface area contributed by atoms with E-state index in [0.29, 0.717) is 17.3 Å². The highest BCUT2D eigenvalue weighted by Crippen LogP contribution is 2.35. The van der Waals surface area contributed by atoms with Crippen molar-refractivity contribution in [2.24, 2.45) is 5.73 Å². The third kappa shape index (κ3) is 3.11. The van der Waals surface area contributed by atoms with Crippen LogP contribution in [-0.2, 0) is 6.54 Å². The molecule has 100 valence electrons. The summed E-state index contributed by atoms with van der Waals surface area (Å²) in [6.07, 6.45) is 0. The summed E-state index contributed by atoms with van der Waals surface area (Å²) in [6.45, 7) is 4.45. The zero-order valence-corrected chi connectivity index (χ0v) is 13.2. The van der Waals surface area contributed by atoms with Crippen LogP contribution < -0.4 is 10.5 Å². The van der Waals surface area contributed by atoms with Gasteiger partial charge >= 0.3 is 0 Å². The number of hydrogen-bond acceptors (Lipinski definition) is 2. The molecule has 0 unspecified atom stereocenters. The van der Waals surface area contributed by atoms with Gasteiger partial charge in [-0.05, 0) is 43.2 Å². The number of halogens is 2. The Morgan fingerprint density at radius 3 is 2.42 bits per heavy atom. The lowest BCUT2D eigenvalue weighted by atomic mass is 10.1. The molecular weight excluding hydrogens is 326 g/mol. The van der Waals surface area contributed by atoms with E-state index in [9.17, 15) is 0 Å². The summed E-state index contributed by atoms with van der Waals surface area (Å²) in [5.74, 6) is 1.40. The molecule has 0 aliphatic heterocycles. The first-order valence-electron chi connectivity index (χ1n) is 5.95. The molecule has 4 heteroatoms. The van der Waals surface area contributed by atoms with Crippen LogP contribution in [0.3, 0.4) is 0 Å². The highest BCUT2D eigenvalue weighted by atomic mass is 79.9. The van der Waals surface area contributed by atoms with E-state index in [4.69, 9.17) is 22.1 Å². The maximum atomic E-state index is 6.18. The minimum absolute atomic E-state index is 0.393. The van der Waals surface area contributed by atoms with Gasteiger partial charge in [0.25, 0.3) is 0 Å². The van der Waals surface area contributed by atoms with E-state index in [1.807, 2.05) is 38.1 Å². The zero-order valence-electron chi connectivity index (χ0n) is 10.8. The molecule has 0 atom stereocenters. The van der Waals surface area contributed by atoms with E-state index in [1.165, 1.54) is 0 Å². The molecule has 0 fully saturated rings. The van der Waals surface area contributed by atoms with E-state index in [1.54, 1.807) is 6.07 Å². The summed E-state index contributed by atoms with van der Waals surface area (Å²) < 4.78 is 7.01. The highest BCUT2D eigenvalue weighted by molar-refractivity contribution is 9.10. The second-order valence-electron chi connectivity index (χ2n) is 4.41. The zero-order chi connectivity index (χ0) is 14.0. The third-order valence-corrected chi connectivity index (χ3v) is 4.45. The molecule has 0 saturated heterocycles. The van der Waals surface area contributed by atoms with Crippen LogP contribution >= 0.6 is 27.5 Å². The molecular formula is C15H15BrClNO. The predicted octanol–water partition coefficient (Wildman–Crippen LogP) is 4.97. The summed E-state index contributed by atoms with van der Waals surface area (Å²) in [7, 11) is 0. The van der Waals surface area contributed by atoms with Gasteiger partial charge in [-0.1, -0.05) is 39.7 Å². The van der Waals surface area contributed by atoms with Crippen molar-refractivity contribution < 1.29 is 4.74 Å². The van der Waals surface area contributed by atoms with E-state index in [2.05, 4.69) is 15.9 Å². The Morgan fingerprint density at radius 2 is 1.84 bits per heavy atom. The normalized spacial score (nSPS) is 10.6. The van der Waals surface area contributed by atoms with Crippen molar-refractivity contribution in [3.8, 4) is 11.5 Å². The Kier molecular flexibility index (Phi) is 4.50. The monoisotopic (exact) mass is 339 g/mol. The van der Waals surface area contributed by atoms with Gasteiger partial charge in [-0.15, -0.1) is 0 Å². The molecule has 19 heavy (non-hydrogen) atoms. The molecule has 0 aromatic heterocycles. The van der Waals surface area contributed by atoms with Crippen molar-refractivity contribution in [2.75, 3.05) is 0 Å². The Labute approximate surface area is 126 Å². The number of rotatable bonds is 3. The van der Waals surface area contributed by atoms with Crippen LogP contribution in [0.1, 0.15) is 16.7 Å². The van der Waals surface area contributed by atoms with Crippen molar-refractivity contribution in [1.29, 1.82) is 0 Å². The van der Waals surface area contributed by atoms with Crippen LogP contribution in [0.2, 0.25) is 5.02 Å². The number of aryl methyl sites for hydroxylation is 2. The maximum absolute atomic E-state index is 6.18. The molecule has 0 saturated carbocycles. The average molecular weight is 341 g/mol. The van der Waals surface area contributed by atoms with Crippen molar-refractivity contribution >= 4 is 27.5 Å². The van der Waals surface area contributed by atoms with Gasteiger partial charge in [-0.3, -0.25) is 0 Å². The third-order valence-electron chi connectivity index (χ3n) is 2.90.